The molecule has 4 rings (SSSR count). The monoisotopic (exact) mass is 404 g/mol. The first-order valence-corrected chi connectivity index (χ1v) is 8.67. The number of pyridine rings is 1. The minimum absolute atomic E-state index is 0.148. The van der Waals surface area contributed by atoms with Crippen molar-refractivity contribution in [2.24, 2.45) is 0 Å². The van der Waals surface area contributed by atoms with Crippen molar-refractivity contribution in [3.05, 3.63) is 64.8 Å². The van der Waals surface area contributed by atoms with Crippen LogP contribution in [0.15, 0.2) is 53.6 Å². The number of alkyl halides is 3. The van der Waals surface area contributed by atoms with Crippen LogP contribution in [0.25, 0.3) is 11.3 Å². The van der Waals surface area contributed by atoms with Crippen LogP contribution < -0.4 is 10.9 Å². The van der Waals surface area contributed by atoms with E-state index in [2.05, 4.69) is 25.6 Å². The van der Waals surface area contributed by atoms with Crippen LogP contribution in [0.5, 0.6) is 0 Å². The number of nitrogens with one attached hydrogen (secondary N) is 1. The summed E-state index contributed by atoms with van der Waals surface area (Å²) in [7, 11) is 0. The molecule has 0 aliphatic carbocycles. The molecule has 3 aromatic heterocycles. The van der Waals surface area contributed by atoms with Crippen molar-refractivity contribution in [2.75, 3.05) is 18.5 Å². The van der Waals surface area contributed by atoms with E-state index < -0.39 is 24.0 Å². The molecule has 0 radical (unpaired) electrons. The number of hydrogen-bond acceptors (Lipinski definition) is 7. The second-order valence-electron chi connectivity index (χ2n) is 6.40. The third-order valence-corrected chi connectivity index (χ3v) is 4.44. The van der Waals surface area contributed by atoms with E-state index >= 15 is 0 Å². The lowest BCUT2D eigenvalue weighted by atomic mass is 10.1. The summed E-state index contributed by atoms with van der Waals surface area (Å²) >= 11 is 0. The zero-order chi connectivity index (χ0) is 20.4. The number of rotatable bonds is 4. The highest BCUT2D eigenvalue weighted by Crippen LogP contribution is 2.28. The van der Waals surface area contributed by atoms with Crippen LogP contribution >= 0.6 is 0 Å². The number of nitrogens with zero attached hydrogens (tertiary/aromatic N) is 5. The molecule has 1 fully saturated rings. The molecule has 0 aromatic carbocycles. The van der Waals surface area contributed by atoms with Crippen LogP contribution in [0.4, 0.5) is 19.0 Å². The van der Waals surface area contributed by atoms with E-state index in [9.17, 15) is 18.0 Å². The lowest BCUT2D eigenvalue weighted by Gasteiger charge is -2.21. The van der Waals surface area contributed by atoms with E-state index in [1.807, 2.05) is 6.07 Å². The first-order chi connectivity index (χ1) is 13.9. The fourth-order valence-electron chi connectivity index (χ4n) is 3.00. The number of ether oxygens (including phenoxy) is 1. The number of halogens is 3. The molecule has 0 saturated carbocycles. The quantitative estimate of drug-likeness (QED) is 0.712. The number of hydrogen-bond donors (Lipinski definition) is 1. The van der Waals surface area contributed by atoms with Gasteiger partial charge in [-0.3, -0.25) is 9.78 Å². The molecular weight excluding hydrogens is 389 g/mol. The molecule has 2 unspecified atom stereocenters. The van der Waals surface area contributed by atoms with Crippen molar-refractivity contribution in [2.45, 2.75) is 18.3 Å². The van der Waals surface area contributed by atoms with Crippen LogP contribution in [0.2, 0.25) is 0 Å². The normalized spacial score (nSPS) is 19.3. The molecule has 1 saturated heterocycles. The maximum Gasteiger partial charge on any atom is 0.435 e. The van der Waals surface area contributed by atoms with Gasteiger partial charge in [-0.15, -0.1) is 10.2 Å². The highest BCUT2D eigenvalue weighted by atomic mass is 19.4. The second-order valence-corrected chi connectivity index (χ2v) is 6.40. The molecule has 29 heavy (non-hydrogen) atoms. The Morgan fingerprint density at radius 3 is 2.66 bits per heavy atom. The summed E-state index contributed by atoms with van der Waals surface area (Å²) < 4.78 is 44.7. The van der Waals surface area contributed by atoms with Crippen molar-refractivity contribution in [1.29, 1.82) is 0 Å². The van der Waals surface area contributed by atoms with Gasteiger partial charge in [0, 0.05) is 24.0 Å². The number of anilines is 1. The molecule has 0 amide bonds. The largest absolute Gasteiger partial charge is 0.435 e. The molecule has 0 spiro atoms. The van der Waals surface area contributed by atoms with Crippen molar-refractivity contribution in [3.63, 3.8) is 0 Å². The summed E-state index contributed by atoms with van der Waals surface area (Å²) in [5, 5.41) is 14.2. The van der Waals surface area contributed by atoms with Gasteiger partial charge in [-0.25, -0.2) is 4.68 Å². The van der Waals surface area contributed by atoms with Crippen molar-refractivity contribution >= 4 is 5.82 Å². The van der Waals surface area contributed by atoms with Crippen LogP contribution in [0.3, 0.4) is 0 Å². The van der Waals surface area contributed by atoms with Gasteiger partial charge < -0.3 is 10.1 Å². The molecule has 1 N–H and O–H groups in total. The second kappa shape index (κ2) is 7.59. The van der Waals surface area contributed by atoms with Crippen LogP contribution in [-0.2, 0) is 10.9 Å². The van der Waals surface area contributed by atoms with E-state index in [4.69, 9.17) is 4.74 Å². The topological polar surface area (TPSA) is 94.8 Å². The zero-order valence-electron chi connectivity index (χ0n) is 14.9. The standard InChI is InChI=1S/C18H15F3N6O2/c19-18(20,21)15-4-5-16(25-24-15)23-13-9-29-10-14(13)27-17(28)6-3-12(26-27)11-2-1-7-22-8-11/h1-8,13-14H,9-10H2,(H,23,25). The molecule has 11 heteroatoms. The van der Waals surface area contributed by atoms with Crippen LogP contribution in [-0.4, -0.2) is 44.2 Å². The van der Waals surface area contributed by atoms with E-state index in [1.165, 1.54) is 16.8 Å². The Labute approximate surface area is 162 Å². The zero-order valence-corrected chi connectivity index (χ0v) is 14.9. The van der Waals surface area contributed by atoms with Gasteiger partial charge in [-0.1, -0.05) is 0 Å². The Bertz CT molecular complexity index is 1040. The fraction of sp³-hybridized carbons (Fsp3) is 0.278. The lowest BCUT2D eigenvalue weighted by Crippen LogP contribution is -2.37. The Hall–Kier alpha value is -3.34. The van der Waals surface area contributed by atoms with Crippen LogP contribution in [0, 0.1) is 0 Å². The van der Waals surface area contributed by atoms with Gasteiger partial charge in [0.15, 0.2) is 5.69 Å². The van der Waals surface area contributed by atoms with Gasteiger partial charge in [-0.2, -0.15) is 18.3 Å². The Morgan fingerprint density at radius 2 is 1.97 bits per heavy atom. The summed E-state index contributed by atoms with van der Waals surface area (Å²) in [6.07, 6.45) is -1.29. The van der Waals surface area contributed by atoms with Crippen molar-refractivity contribution in [3.8, 4) is 11.3 Å². The van der Waals surface area contributed by atoms with Crippen LogP contribution in [0.1, 0.15) is 11.7 Å². The van der Waals surface area contributed by atoms with Crippen molar-refractivity contribution in [1.82, 2.24) is 25.0 Å². The van der Waals surface area contributed by atoms with Crippen molar-refractivity contribution < 1.29 is 17.9 Å². The van der Waals surface area contributed by atoms with E-state index in [1.54, 1.807) is 24.5 Å². The average molecular weight is 404 g/mol. The maximum absolute atomic E-state index is 12.6. The van der Waals surface area contributed by atoms with Gasteiger partial charge in [0.1, 0.15) is 11.9 Å². The molecule has 0 bridgehead atoms. The van der Waals surface area contributed by atoms with Gasteiger partial charge in [0.2, 0.25) is 0 Å². The minimum atomic E-state index is -4.56. The molecule has 150 valence electrons. The predicted octanol–water partition coefficient (Wildman–Crippen LogP) is 2.17. The van der Waals surface area contributed by atoms with Gasteiger partial charge >= 0.3 is 6.18 Å². The SMILES string of the molecule is O=c1ccc(-c2cccnc2)nn1C1COCC1Nc1ccc(C(F)(F)F)nn1. The third-order valence-electron chi connectivity index (χ3n) is 4.44. The predicted molar refractivity (Wildman–Crippen MR) is 96.0 cm³/mol. The average Bonchev–Trinajstić information content (AvgIpc) is 3.16. The molecule has 8 nitrogen and oxygen atoms in total. The summed E-state index contributed by atoms with van der Waals surface area (Å²) in [6.45, 7) is 0.452. The Balaban J connectivity index is 1.58. The molecular formula is C18H15F3N6O2. The molecule has 2 atom stereocenters. The summed E-state index contributed by atoms with van der Waals surface area (Å²) in [6, 6.07) is 7.74. The van der Waals surface area contributed by atoms with Gasteiger partial charge in [-0.05, 0) is 30.3 Å². The number of aromatic nitrogens is 5. The summed E-state index contributed by atoms with van der Waals surface area (Å²) in [5.41, 5.74) is -0.0845. The molecule has 1 aliphatic heterocycles. The molecule has 1 aliphatic rings. The third kappa shape index (κ3) is 4.09. The highest BCUT2D eigenvalue weighted by molar-refractivity contribution is 5.56. The lowest BCUT2D eigenvalue weighted by molar-refractivity contribution is -0.141. The minimum Gasteiger partial charge on any atom is -0.377 e. The molecule has 3 aromatic rings. The van der Waals surface area contributed by atoms with Gasteiger partial charge in [0.05, 0.1) is 24.9 Å². The Kier molecular flexibility index (Phi) is 4.97. The first-order valence-electron chi connectivity index (χ1n) is 8.67. The molecule has 4 heterocycles. The maximum atomic E-state index is 12.6. The smallest absolute Gasteiger partial charge is 0.377 e. The van der Waals surface area contributed by atoms with E-state index in [-0.39, 0.29) is 24.6 Å². The van der Waals surface area contributed by atoms with E-state index in [0.717, 1.165) is 11.6 Å². The summed E-state index contributed by atoms with van der Waals surface area (Å²) in [4.78, 5) is 16.4. The van der Waals surface area contributed by atoms with Gasteiger partial charge in [0.25, 0.3) is 5.56 Å². The summed E-state index contributed by atoms with van der Waals surface area (Å²) in [5.74, 6) is 0.148. The highest BCUT2D eigenvalue weighted by Gasteiger charge is 2.34. The first kappa shape index (κ1) is 19.0. The fourth-order valence-corrected chi connectivity index (χ4v) is 3.00. The van der Waals surface area contributed by atoms with E-state index in [0.29, 0.717) is 5.69 Å². The Morgan fingerprint density at radius 1 is 1.10 bits per heavy atom.